The number of nitrogens with one attached hydrogen (secondary N) is 2. The lowest BCUT2D eigenvalue weighted by molar-refractivity contribution is -0.115. The topological polar surface area (TPSA) is 41.1 Å². The van der Waals surface area contributed by atoms with Crippen molar-refractivity contribution in [1.29, 1.82) is 0 Å². The van der Waals surface area contributed by atoms with Crippen LogP contribution in [0.15, 0.2) is 36.4 Å². The van der Waals surface area contributed by atoms with Crippen molar-refractivity contribution in [2.45, 2.75) is 6.42 Å². The predicted molar refractivity (Wildman–Crippen MR) is 89.6 cm³/mol. The predicted octanol–water partition coefficient (Wildman–Crippen LogP) is 5.23. The lowest BCUT2D eigenvalue weighted by atomic mass is 10.3. The molecular weight excluding hydrogens is 350 g/mol. The third-order valence-corrected chi connectivity index (χ3v) is 3.74. The summed E-state index contributed by atoms with van der Waals surface area (Å²) in [5, 5.41) is 6.56. The number of carbonyl (C=O) groups excluding carboxylic acids is 1. The Bertz CT molecular complexity index is 674. The molecule has 0 bridgehead atoms. The molecule has 22 heavy (non-hydrogen) atoms. The van der Waals surface area contributed by atoms with Crippen LogP contribution in [0, 0.1) is 5.82 Å². The van der Waals surface area contributed by atoms with E-state index < -0.39 is 5.82 Å². The van der Waals surface area contributed by atoms with Crippen LogP contribution in [0.25, 0.3) is 0 Å². The molecule has 2 rings (SSSR count). The Balaban J connectivity index is 1.86. The molecule has 116 valence electrons. The van der Waals surface area contributed by atoms with E-state index in [1.807, 2.05) is 0 Å². The number of anilines is 2. The van der Waals surface area contributed by atoms with Crippen LogP contribution in [0.1, 0.15) is 6.42 Å². The SMILES string of the molecule is O=C(CCNc1c(Cl)cccc1Cl)Nc1ccc(F)c(Cl)c1. The van der Waals surface area contributed by atoms with Crippen molar-refractivity contribution < 1.29 is 9.18 Å². The van der Waals surface area contributed by atoms with Gasteiger partial charge in [-0.2, -0.15) is 0 Å². The van der Waals surface area contributed by atoms with Crippen molar-refractivity contribution in [2.24, 2.45) is 0 Å². The highest BCUT2D eigenvalue weighted by Gasteiger charge is 2.07. The average Bonchev–Trinajstić information content (AvgIpc) is 2.46. The summed E-state index contributed by atoms with van der Waals surface area (Å²) in [6.07, 6.45) is 0.191. The summed E-state index contributed by atoms with van der Waals surface area (Å²) < 4.78 is 13.0. The van der Waals surface area contributed by atoms with Gasteiger partial charge in [-0.05, 0) is 30.3 Å². The van der Waals surface area contributed by atoms with Gasteiger partial charge in [0.15, 0.2) is 0 Å². The molecule has 0 atom stereocenters. The summed E-state index contributed by atoms with van der Waals surface area (Å²) in [6.45, 7) is 0.351. The molecule has 0 aliphatic carbocycles. The third kappa shape index (κ3) is 4.50. The summed E-state index contributed by atoms with van der Waals surface area (Å²) in [6, 6.07) is 9.14. The van der Waals surface area contributed by atoms with Crippen molar-refractivity contribution >= 4 is 52.1 Å². The number of amides is 1. The van der Waals surface area contributed by atoms with Gasteiger partial charge in [-0.15, -0.1) is 0 Å². The lowest BCUT2D eigenvalue weighted by Gasteiger charge is -2.10. The van der Waals surface area contributed by atoms with Gasteiger partial charge in [-0.3, -0.25) is 4.79 Å². The van der Waals surface area contributed by atoms with E-state index in [0.29, 0.717) is 28.0 Å². The van der Waals surface area contributed by atoms with E-state index in [9.17, 15) is 9.18 Å². The van der Waals surface area contributed by atoms with E-state index in [0.717, 1.165) is 0 Å². The molecule has 0 aliphatic rings. The number of hydrogen-bond donors (Lipinski definition) is 2. The molecule has 0 aromatic heterocycles. The Kier molecular flexibility index (Phi) is 5.89. The second-order valence-electron chi connectivity index (χ2n) is 4.45. The molecule has 2 aromatic rings. The van der Waals surface area contributed by atoms with Gasteiger partial charge >= 0.3 is 0 Å². The van der Waals surface area contributed by atoms with Crippen LogP contribution in [0.5, 0.6) is 0 Å². The zero-order valence-electron chi connectivity index (χ0n) is 11.3. The third-order valence-electron chi connectivity index (χ3n) is 2.82. The molecule has 1 amide bonds. The highest BCUT2D eigenvalue weighted by molar-refractivity contribution is 6.39. The second-order valence-corrected chi connectivity index (χ2v) is 5.67. The first-order valence-corrected chi connectivity index (χ1v) is 7.53. The van der Waals surface area contributed by atoms with Gasteiger partial charge in [0, 0.05) is 18.7 Å². The van der Waals surface area contributed by atoms with E-state index >= 15 is 0 Å². The number of halogens is 4. The van der Waals surface area contributed by atoms with Crippen LogP contribution in [-0.2, 0) is 4.79 Å². The smallest absolute Gasteiger partial charge is 0.226 e. The summed E-state index contributed by atoms with van der Waals surface area (Å²) in [5.41, 5.74) is 1.02. The second kappa shape index (κ2) is 7.68. The fourth-order valence-corrected chi connectivity index (χ4v) is 2.48. The maximum Gasteiger partial charge on any atom is 0.226 e. The fourth-order valence-electron chi connectivity index (χ4n) is 1.77. The fraction of sp³-hybridized carbons (Fsp3) is 0.133. The van der Waals surface area contributed by atoms with E-state index in [1.54, 1.807) is 18.2 Å². The average molecular weight is 362 g/mol. The first-order chi connectivity index (χ1) is 10.5. The molecule has 7 heteroatoms. The van der Waals surface area contributed by atoms with Gasteiger partial charge in [-0.25, -0.2) is 4.39 Å². The highest BCUT2D eigenvalue weighted by Crippen LogP contribution is 2.29. The van der Waals surface area contributed by atoms with Crippen LogP contribution in [-0.4, -0.2) is 12.5 Å². The van der Waals surface area contributed by atoms with Gasteiger partial charge in [0.1, 0.15) is 5.82 Å². The number of hydrogen-bond acceptors (Lipinski definition) is 2. The molecular formula is C15H12Cl3FN2O. The number of rotatable bonds is 5. The minimum atomic E-state index is -0.533. The van der Waals surface area contributed by atoms with E-state index in [1.165, 1.54) is 18.2 Å². The Morgan fingerprint density at radius 2 is 1.73 bits per heavy atom. The number of benzene rings is 2. The number of carbonyl (C=O) groups is 1. The van der Waals surface area contributed by atoms with Crippen LogP contribution in [0.4, 0.5) is 15.8 Å². The number of para-hydroxylation sites is 1. The molecule has 0 fully saturated rings. The van der Waals surface area contributed by atoms with E-state index in [-0.39, 0.29) is 17.4 Å². The monoisotopic (exact) mass is 360 g/mol. The maximum atomic E-state index is 13.0. The Labute approximate surface area is 142 Å². The first-order valence-electron chi connectivity index (χ1n) is 6.40. The lowest BCUT2D eigenvalue weighted by Crippen LogP contribution is -2.16. The Morgan fingerprint density at radius 1 is 1.05 bits per heavy atom. The van der Waals surface area contributed by atoms with Crippen LogP contribution >= 0.6 is 34.8 Å². The first kappa shape index (κ1) is 16.9. The minimum Gasteiger partial charge on any atom is -0.382 e. The molecule has 0 heterocycles. The molecule has 2 aromatic carbocycles. The zero-order chi connectivity index (χ0) is 16.1. The van der Waals surface area contributed by atoms with Gasteiger partial charge < -0.3 is 10.6 Å². The molecule has 0 unspecified atom stereocenters. The quantitative estimate of drug-likeness (QED) is 0.766. The van der Waals surface area contributed by atoms with Crippen LogP contribution in [0.2, 0.25) is 15.1 Å². The van der Waals surface area contributed by atoms with Crippen molar-refractivity contribution in [3.05, 3.63) is 57.3 Å². The van der Waals surface area contributed by atoms with Crippen molar-refractivity contribution in [3.8, 4) is 0 Å². The minimum absolute atomic E-state index is 0.0428. The van der Waals surface area contributed by atoms with Crippen LogP contribution < -0.4 is 10.6 Å². The molecule has 2 N–H and O–H groups in total. The van der Waals surface area contributed by atoms with E-state index in [2.05, 4.69) is 10.6 Å². The zero-order valence-corrected chi connectivity index (χ0v) is 13.6. The maximum absolute atomic E-state index is 13.0. The molecule has 0 spiro atoms. The Morgan fingerprint density at radius 3 is 2.36 bits per heavy atom. The molecule has 0 saturated carbocycles. The molecule has 3 nitrogen and oxygen atoms in total. The Hall–Kier alpha value is -1.49. The van der Waals surface area contributed by atoms with Crippen molar-refractivity contribution in [3.63, 3.8) is 0 Å². The normalized spacial score (nSPS) is 10.4. The van der Waals surface area contributed by atoms with Gasteiger partial charge in [-0.1, -0.05) is 40.9 Å². The van der Waals surface area contributed by atoms with Crippen molar-refractivity contribution in [1.82, 2.24) is 0 Å². The highest BCUT2D eigenvalue weighted by atomic mass is 35.5. The summed E-state index contributed by atoms with van der Waals surface area (Å²) in [7, 11) is 0. The van der Waals surface area contributed by atoms with Crippen LogP contribution in [0.3, 0.4) is 0 Å². The molecule has 0 radical (unpaired) electrons. The summed E-state index contributed by atoms with van der Waals surface area (Å²) >= 11 is 17.7. The van der Waals surface area contributed by atoms with Gasteiger partial charge in [0.25, 0.3) is 0 Å². The van der Waals surface area contributed by atoms with Gasteiger partial charge in [0.2, 0.25) is 5.91 Å². The summed E-state index contributed by atoms with van der Waals surface area (Å²) in [5.74, 6) is -0.770. The molecule has 0 aliphatic heterocycles. The van der Waals surface area contributed by atoms with Gasteiger partial charge in [0.05, 0.1) is 20.8 Å². The van der Waals surface area contributed by atoms with Crippen molar-refractivity contribution in [2.75, 3.05) is 17.2 Å². The molecule has 0 saturated heterocycles. The summed E-state index contributed by atoms with van der Waals surface area (Å²) in [4.78, 5) is 11.8. The van der Waals surface area contributed by atoms with E-state index in [4.69, 9.17) is 34.8 Å². The standard InChI is InChI=1S/C15H12Cl3FN2O/c16-10-2-1-3-11(17)15(10)20-7-6-14(22)21-9-4-5-13(19)12(18)8-9/h1-5,8,20H,6-7H2,(H,21,22). The largest absolute Gasteiger partial charge is 0.382 e.